The van der Waals surface area contributed by atoms with E-state index in [1.807, 2.05) is 49.4 Å². The molecular formula is C20H18INO4. The van der Waals surface area contributed by atoms with Crippen molar-refractivity contribution in [3.63, 3.8) is 0 Å². The molecule has 1 heterocycles. The lowest BCUT2D eigenvalue weighted by Gasteiger charge is -2.12. The van der Waals surface area contributed by atoms with Crippen LogP contribution in [0.2, 0.25) is 0 Å². The maximum atomic E-state index is 12.2. The average molecular weight is 463 g/mol. The van der Waals surface area contributed by atoms with Crippen LogP contribution in [0.1, 0.15) is 24.5 Å². The van der Waals surface area contributed by atoms with Gasteiger partial charge < -0.3 is 14.2 Å². The molecule has 0 amide bonds. The number of hydrogen-bond donors (Lipinski definition) is 0. The van der Waals surface area contributed by atoms with Gasteiger partial charge in [-0.15, -0.1) is 0 Å². The topological polar surface area (TPSA) is 57.1 Å². The van der Waals surface area contributed by atoms with Gasteiger partial charge in [-0.3, -0.25) is 0 Å². The van der Waals surface area contributed by atoms with E-state index in [1.165, 1.54) is 0 Å². The van der Waals surface area contributed by atoms with Crippen molar-refractivity contribution < 1.29 is 19.0 Å². The smallest absolute Gasteiger partial charge is 0.363 e. The van der Waals surface area contributed by atoms with E-state index in [0.29, 0.717) is 24.0 Å². The third-order valence-electron chi connectivity index (χ3n) is 3.68. The van der Waals surface area contributed by atoms with Crippen LogP contribution in [0.4, 0.5) is 0 Å². The van der Waals surface area contributed by atoms with Gasteiger partial charge in [0.2, 0.25) is 5.90 Å². The Balaban J connectivity index is 1.96. The number of esters is 1. The highest BCUT2D eigenvalue weighted by atomic mass is 127. The number of nitrogens with zero attached hydrogens (tertiary/aromatic N) is 1. The zero-order valence-corrected chi connectivity index (χ0v) is 16.6. The number of carbonyl (C=O) groups is 1. The summed E-state index contributed by atoms with van der Waals surface area (Å²) in [5.74, 6) is 1.02. The maximum absolute atomic E-state index is 12.2. The molecule has 26 heavy (non-hydrogen) atoms. The van der Waals surface area contributed by atoms with Crippen molar-refractivity contribution in [3.05, 3.63) is 62.9 Å². The summed E-state index contributed by atoms with van der Waals surface area (Å²) in [5.41, 5.74) is 1.71. The van der Waals surface area contributed by atoms with Crippen LogP contribution in [0, 0.1) is 3.57 Å². The Morgan fingerprint density at radius 3 is 2.65 bits per heavy atom. The summed E-state index contributed by atoms with van der Waals surface area (Å²) in [4.78, 5) is 16.6. The monoisotopic (exact) mass is 463 g/mol. The van der Waals surface area contributed by atoms with Crippen molar-refractivity contribution in [2.45, 2.75) is 13.3 Å². The molecule has 0 radical (unpaired) electrons. The van der Waals surface area contributed by atoms with Crippen LogP contribution in [-0.2, 0) is 9.53 Å². The van der Waals surface area contributed by atoms with Gasteiger partial charge in [-0.25, -0.2) is 9.79 Å². The van der Waals surface area contributed by atoms with E-state index in [2.05, 4.69) is 27.6 Å². The number of para-hydroxylation sites is 1. The largest absolute Gasteiger partial charge is 0.493 e. The Bertz CT molecular complexity index is 872. The fourth-order valence-corrected chi connectivity index (χ4v) is 2.80. The van der Waals surface area contributed by atoms with Gasteiger partial charge in [-0.1, -0.05) is 19.1 Å². The first-order valence-electron chi connectivity index (χ1n) is 8.20. The minimum Gasteiger partial charge on any atom is -0.493 e. The van der Waals surface area contributed by atoms with Gasteiger partial charge in [-0.05, 0) is 65.4 Å². The number of methoxy groups -OCH3 is 1. The molecule has 0 saturated heterocycles. The van der Waals surface area contributed by atoms with Crippen LogP contribution in [0.25, 0.3) is 6.08 Å². The van der Waals surface area contributed by atoms with Crippen molar-refractivity contribution in [1.29, 1.82) is 0 Å². The van der Waals surface area contributed by atoms with Crippen molar-refractivity contribution in [2.24, 2.45) is 4.99 Å². The van der Waals surface area contributed by atoms with E-state index in [9.17, 15) is 4.79 Å². The molecular weight excluding hydrogens is 445 g/mol. The predicted octanol–water partition coefficient (Wildman–Crippen LogP) is 4.43. The lowest BCUT2D eigenvalue weighted by atomic mass is 10.1. The first kappa shape index (κ1) is 18.4. The summed E-state index contributed by atoms with van der Waals surface area (Å²) in [6, 6.07) is 13.1. The van der Waals surface area contributed by atoms with E-state index in [4.69, 9.17) is 14.2 Å². The highest BCUT2D eigenvalue weighted by Crippen LogP contribution is 2.33. The van der Waals surface area contributed by atoms with Crippen LogP contribution < -0.4 is 9.47 Å². The molecule has 0 fully saturated rings. The summed E-state index contributed by atoms with van der Waals surface area (Å²) in [6.07, 6.45) is 2.53. The lowest BCUT2D eigenvalue weighted by Crippen LogP contribution is -2.05. The number of halogens is 1. The Kier molecular flexibility index (Phi) is 5.92. The van der Waals surface area contributed by atoms with Gasteiger partial charge in [0.05, 0.1) is 13.7 Å². The van der Waals surface area contributed by atoms with E-state index in [0.717, 1.165) is 21.1 Å². The zero-order valence-electron chi connectivity index (χ0n) is 14.5. The van der Waals surface area contributed by atoms with E-state index in [1.54, 1.807) is 13.2 Å². The zero-order chi connectivity index (χ0) is 18.5. The summed E-state index contributed by atoms with van der Waals surface area (Å²) >= 11 is 2.22. The molecule has 2 aromatic carbocycles. The van der Waals surface area contributed by atoms with Crippen LogP contribution in [-0.4, -0.2) is 25.6 Å². The summed E-state index contributed by atoms with van der Waals surface area (Å²) in [7, 11) is 1.59. The first-order chi connectivity index (χ1) is 12.6. The average Bonchev–Trinajstić information content (AvgIpc) is 3.01. The molecule has 6 heteroatoms. The molecule has 0 spiro atoms. The molecule has 0 aliphatic carbocycles. The van der Waals surface area contributed by atoms with E-state index < -0.39 is 5.97 Å². The van der Waals surface area contributed by atoms with Gasteiger partial charge in [-0.2, -0.15) is 0 Å². The quantitative estimate of drug-likeness (QED) is 0.361. The number of carbonyl (C=O) groups excluding carboxylic acids is 1. The normalized spacial score (nSPS) is 15.0. The number of ether oxygens (including phenoxy) is 3. The second kappa shape index (κ2) is 8.35. The molecule has 0 atom stereocenters. The number of rotatable bonds is 6. The van der Waals surface area contributed by atoms with Crippen molar-refractivity contribution in [3.8, 4) is 11.5 Å². The summed E-state index contributed by atoms with van der Waals surface area (Å²) < 4.78 is 17.6. The Labute approximate surface area is 165 Å². The first-order valence-corrected chi connectivity index (χ1v) is 9.28. The molecule has 1 aliphatic rings. The Morgan fingerprint density at radius 1 is 1.19 bits per heavy atom. The summed E-state index contributed by atoms with van der Waals surface area (Å²) in [5, 5.41) is 0. The Morgan fingerprint density at radius 2 is 1.96 bits per heavy atom. The third kappa shape index (κ3) is 4.07. The SMILES string of the molecule is CCCOc1c(/C=C2\N=C(c3ccc(I)cc3)OC2=O)cccc1OC. The highest BCUT2D eigenvalue weighted by Gasteiger charge is 2.25. The van der Waals surface area contributed by atoms with Crippen LogP contribution in [0.5, 0.6) is 11.5 Å². The van der Waals surface area contributed by atoms with Gasteiger partial charge in [0.25, 0.3) is 0 Å². The second-order valence-electron chi connectivity index (χ2n) is 5.57. The van der Waals surface area contributed by atoms with Crippen LogP contribution >= 0.6 is 22.6 Å². The van der Waals surface area contributed by atoms with Gasteiger partial charge in [0.1, 0.15) is 0 Å². The Hall–Kier alpha value is -2.35. The van der Waals surface area contributed by atoms with E-state index in [-0.39, 0.29) is 5.70 Å². The number of hydrogen-bond acceptors (Lipinski definition) is 5. The fourth-order valence-electron chi connectivity index (χ4n) is 2.44. The number of cyclic esters (lactones) is 1. The molecule has 0 saturated carbocycles. The van der Waals surface area contributed by atoms with Gasteiger partial charge >= 0.3 is 5.97 Å². The number of benzene rings is 2. The lowest BCUT2D eigenvalue weighted by molar-refractivity contribution is -0.129. The molecule has 5 nitrogen and oxygen atoms in total. The highest BCUT2D eigenvalue weighted by molar-refractivity contribution is 14.1. The minimum absolute atomic E-state index is 0.230. The second-order valence-corrected chi connectivity index (χ2v) is 6.82. The summed E-state index contributed by atoms with van der Waals surface area (Å²) in [6.45, 7) is 2.58. The van der Waals surface area contributed by atoms with E-state index >= 15 is 0 Å². The van der Waals surface area contributed by atoms with Crippen molar-refractivity contribution >= 4 is 40.5 Å². The molecule has 1 aliphatic heterocycles. The van der Waals surface area contributed by atoms with Gasteiger partial charge in [0, 0.05) is 14.7 Å². The van der Waals surface area contributed by atoms with Crippen LogP contribution in [0.15, 0.2) is 53.2 Å². The minimum atomic E-state index is -0.484. The number of aliphatic imine (C=N–C) groups is 1. The molecule has 2 aromatic rings. The van der Waals surface area contributed by atoms with Crippen LogP contribution in [0.3, 0.4) is 0 Å². The third-order valence-corrected chi connectivity index (χ3v) is 4.40. The standard InChI is InChI=1S/C20H18INO4/c1-3-11-25-18-14(5-4-6-17(18)24-2)12-16-20(23)26-19(22-16)13-7-9-15(21)10-8-13/h4-10,12H,3,11H2,1-2H3/b16-12-. The molecule has 0 unspecified atom stereocenters. The van der Waals surface area contributed by atoms with Crippen molar-refractivity contribution in [2.75, 3.05) is 13.7 Å². The molecule has 3 rings (SSSR count). The molecule has 134 valence electrons. The van der Waals surface area contributed by atoms with Gasteiger partial charge in [0.15, 0.2) is 17.2 Å². The maximum Gasteiger partial charge on any atom is 0.363 e. The predicted molar refractivity (Wildman–Crippen MR) is 109 cm³/mol. The molecule has 0 bridgehead atoms. The molecule has 0 N–H and O–H groups in total. The molecule has 0 aromatic heterocycles. The van der Waals surface area contributed by atoms with Crippen molar-refractivity contribution in [1.82, 2.24) is 0 Å². The fraction of sp³-hybridized carbons (Fsp3) is 0.200.